The molecule has 1 aromatic heterocycles. The van der Waals surface area contributed by atoms with Crippen LogP contribution in [0.25, 0.3) is 0 Å². The number of likely N-dealkylation sites (tertiary alicyclic amines) is 1. The molecule has 0 saturated carbocycles. The number of carbonyl (C=O) groups is 1. The monoisotopic (exact) mass is 322 g/mol. The zero-order chi connectivity index (χ0) is 15.4. The summed E-state index contributed by atoms with van der Waals surface area (Å²) in [5, 5.41) is 0. The van der Waals surface area contributed by atoms with Gasteiger partial charge in [-0.15, -0.1) is 0 Å². The fourth-order valence-electron chi connectivity index (χ4n) is 3.27. The number of hydrogen-bond donors (Lipinski definition) is 0. The number of thioether (sulfide) groups is 1. The lowest BCUT2D eigenvalue weighted by molar-refractivity contribution is -0.163. The second-order valence-corrected chi connectivity index (χ2v) is 6.75. The van der Waals surface area contributed by atoms with Crippen LogP contribution in [0.2, 0.25) is 0 Å². The smallest absolute Gasteiger partial charge is 0.232 e. The lowest BCUT2D eigenvalue weighted by Gasteiger charge is -2.50. The van der Waals surface area contributed by atoms with E-state index in [1.807, 2.05) is 29.4 Å². The molecule has 3 heterocycles. The normalized spacial score (nSPS) is 22.6. The molecule has 1 atom stereocenters. The molecular formula is C16H22N2O3S. The van der Waals surface area contributed by atoms with E-state index in [1.54, 1.807) is 18.0 Å². The van der Waals surface area contributed by atoms with Crippen LogP contribution in [-0.4, -0.2) is 59.7 Å². The van der Waals surface area contributed by atoms with Crippen LogP contribution in [0.4, 0.5) is 0 Å². The zero-order valence-electron chi connectivity index (χ0n) is 12.9. The van der Waals surface area contributed by atoms with E-state index >= 15 is 0 Å². The van der Waals surface area contributed by atoms with Gasteiger partial charge in [0.1, 0.15) is 5.60 Å². The maximum absolute atomic E-state index is 11.9. The van der Waals surface area contributed by atoms with Crippen molar-refractivity contribution in [1.82, 2.24) is 9.88 Å². The molecule has 0 radical (unpaired) electrons. The first kappa shape index (κ1) is 15.6. The number of rotatable bonds is 6. The number of pyridine rings is 1. The van der Waals surface area contributed by atoms with E-state index in [1.165, 1.54) is 0 Å². The van der Waals surface area contributed by atoms with Crippen molar-refractivity contribution in [3.8, 4) is 5.88 Å². The highest BCUT2D eigenvalue weighted by atomic mass is 32.2. The predicted molar refractivity (Wildman–Crippen MR) is 86.1 cm³/mol. The summed E-state index contributed by atoms with van der Waals surface area (Å²) in [6.07, 6.45) is 5.69. The van der Waals surface area contributed by atoms with Gasteiger partial charge in [-0.1, -0.05) is 6.07 Å². The second kappa shape index (κ2) is 6.87. The maximum Gasteiger partial charge on any atom is 0.232 e. The quantitative estimate of drug-likeness (QED) is 0.800. The molecule has 1 amide bonds. The van der Waals surface area contributed by atoms with Crippen molar-refractivity contribution in [2.45, 2.75) is 18.4 Å². The topological polar surface area (TPSA) is 51.7 Å². The number of nitrogens with zero attached hydrogens (tertiary/aromatic N) is 2. The van der Waals surface area contributed by atoms with Crippen molar-refractivity contribution in [3.63, 3.8) is 0 Å². The maximum atomic E-state index is 11.9. The average molecular weight is 322 g/mol. The molecule has 0 N–H and O–H groups in total. The first-order chi connectivity index (χ1) is 10.7. The minimum Gasteiger partial charge on any atom is -0.478 e. The molecule has 120 valence electrons. The van der Waals surface area contributed by atoms with Crippen molar-refractivity contribution in [3.05, 3.63) is 24.4 Å². The highest BCUT2D eigenvalue weighted by molar-refractivity contribution is 7.99. The molecule has 6 heteroatoms. The van der Waals surface area contributed by atoms with Gasteiger partial charge in [0.05, 0.1) is 25.4 Å². The minimum atomic E-state index is -0.123. The van der Waals surface area contributed by atoms with Gasteiger partial charge in [0.2, 0.25) is 11.8 Å². The third-order valence-corrected chi connectivity index (χ3v) is 5.03. The standard InChI is InChI=1S/C16H22N2O3S/c1-22-10-15(19)18-11-16(12-18)13(6-9-21-16)5-8-20-14-4-2-3-7-17-14/h2-4,7,13H,5-6,8-12H2,1H3/t13-/m0/s1. The Bertz CT molecular complexity index is 505. The lowest BCUT2D eigenvalue weighted by Crippen LogP contribution is -2.66. The Morgan fingerprint density at radius 1 is 1.55 bits per heavy atom. The van der Waals surface area contributed by atoms with Gasteiger partial charge in [-0.05, 0) is 31.1 Å². The number of carbonyl (C=O) groups excluding carboxylic acids is 1. The molecule has 5 nitrogen and oxygen atoms in total. The molecule has 1 aromatic rings. The van der Waals surface area contributed by atoms with Crippen molar-refractivity contribution < 1.29 is 14.3 Å². The van der Waals surface area contributed by atoms with Gasteiger partial charge in [0, 0.05) is 18.9 Å². The Labute approximate surface area is 135 Å². The summed E-state index contributed by atoms with van der Waals surface area (Å²) >= 11 is 1.57. The van der Waals surface area contributed by atoms with E-state index in [-0.39, 0.29) is 11.5 Å². The van der Waals surface area contributed by atoms with Crippen molar-refractivity contribution in [1.29, 1.82) is 0 Å². The van der Waals surface area contributed by atoms with Crippen LogP contribution in [0, 0.1) is 5.92 Å². The molecule has 2 saturated heterocycles. The van der Waals surface area contributed by atoms with Crippen molar-refractivity contribution in [2.75, 3.05) is 38.3 Å². The largest absolute Gasteiger partial charge is 0.478 e. The van der Waals surface area contributed by atoms with Crippen LogP contribution >= 0.6 is 11.8 Å². The Morgan fingerprint density at radius 2 is 2.41 bits per heavy atom. The molecule has 3 rings (SSSR count). The predicted octanol–water partition coefficient (Wildman–Crippen LogP) is 1.83. The first-order valence-corrected chi connectivity index (χ1v) is 9.07. The van der Waals surface area contributed by atoms with E-state index in [2.05, 4.69) is 4.98 Å². The molecule has 2 aliphatic rings. The summed E-state index contributed by atoms with van der Waals surface area (Å²) in [6.45, 7) is 2.91. The molecule has 2 fully saturated rings. The van der Waals surface area contributed by atoms with Gasteiger partial charge in [0.25, 0.3) is 0 Å². The zero-order valence-corrected chi connectivity index (χ0v) is 13.7. The molecule has 0 aliphatic carbocycles. The number of hydrogen-bond acceptors (Lipinski definition) is 5. The van der Waals surface area contributed by atoms with Crippen LogP contribution in [-0.2, 0) is 9.53 Å². The highest BCUT2D eigenvalue weighted by Gasteiger charge is 2.53. The summed E-state index contributed by atoms with van der Waals surface area (Å²) in [5.41, 5.74) is -0.123. The minimum absolute atomic E-state index is 0.123. The van der Waals surface area contributed by atoms with Crippen LogP contribution in [0.3, 0.4) is 0 Å². The third-order valence-electron chi connectivity index (χ3n) is 4.49. The van der Waals surface area contributed by atoms with Gasteiger partial charge in [-0.25, -0.2) is 4.98 Å². The van der Waals surface area contributed by atoms with Crippen LogP contribution in [0.1, 0.15) is 12.8 Å². The van der Waals surface area contributed by atoms with Crippen LogP contribution in [0.15, 0.2) is 24.4 Å². The first-order valence-electron chi connectivity index (χ1n) is 7.68. The van der Waals surface area contributed by atoms with Gasteiger partial charge >= 0.3 is 0 Å². The second-order valence-electron chi connectivity index (χ2n) is 5.89. The van der Waals surface area contributed by atoms with Gasteiger partial charge in [-0.3, -0.25) is 4.79 Å². The SMILES string of the molecule is CSCC(=O)N1CC2(C1)OCC[C@@H]2CCOc1ccccn1. The molecule has 2 aliphatic heterocycles. The molecule has 0 aromatic carbocycles. The van der Waals surface area contributed by atoms with Crippen molar-refractivity contribution in [2.24, 2.45) is 5.92 Å². The summed E-state index contributed by atoms with van der Waals surface area (Å²) < 4.78 is 11.7. The molecule has 0 bridgehead atoms. The Hall–Kier alpha value is -1.27. The lowest BCUT2D eigenvalue weighted by atomic mass is 9.79. The molecule has 1 spiro atoms. The third kappa shape index (κ3) is 3.22. The number of amides is 1. The molecule has 22 heavy (non-hydrogen) atoms. The Kier molecular flexibility index (Phi) is 4.88. The van der Waals surface area contributed by atoms with Crippen LogP contribution in [0.5, 0.6) is 5.88 Å². The fourth-order valence-corrected chi connectivity index (χ4v) is 3.70. The van der Waals surface area contributed by atoms with Crippen molar-refractivity contribution >= 4 is 17.7 Å². The highest BCUT2D eigenvalue weighted by Crippen LogP contribution is 2.41. The number of ether oxygens (including phenoxy) is 2. The Morgan fingerprint density at radius 3 is 3.14 bits per heavy atom. The van der Waals surface area contributed by atoms with Gasteiger partial charge < -0.3 is 14.4 Å². The van der Waals surface area contributed by atoms with E-state index in [0.717, 1.165) is 32.5 Å². The molecule has 0 unspecified atom stereocenters. The van der Waals surface area contributed by atoms with Crippen LogP contribution < -0.4 is 4.74 Å². The summed E-state index contributed by atoms with van der Waals surface area (Å²) in [6, 6.07) is 5.66. The van der Waals surface area contributed by atoms with E-state index < -0.39 is 0 Å². The van der Waals surface area contributed by atoms with E-state index in [9.17, 15) is 4.79 Å². The van der Waals surface area contributed by atoms with E-state index in [4.69, 9.17) is 9.47 Å². The fraction of sp³-hybridized carbons (Fsp3) is 0.625. The number of aromatic nitrogens is 1. The molecular weight excluding hydrogens is 300 g/mol. The van der Waals surface area contributed by atoms with E-state index in [0.29, 0.717) is 24.2 Å². The van der Waals surface area contributed by atoms with Gasteiger partial charge in [0.15, 0.2) is 0 Å². The van der Waals surface area contributed by atoms with Gasteiger partial charge in [-0.2, -0.15) is 11.8 Å². The average Bonchev–Trinajstić information content (AvgIpc) is 2.91. The summed E-state index contributed by atoms with van der Waals surface area (Å²) in [5.74, 6) is 1.91. The summed E-state index contributed by atoms with van der Waals surface area (Å²) in [4.78, 5) is 18.0. The summed E-state index contributed by atoms with van der Waals surface area (Å²) in [7, 11) is 0. The Balaban J connectivity index is 1.47.